The second-order valence-corrected chi connectivity index (χ2v) is 2.00. The lowest BCUT2D eigenvalue weighted by Gasteiger charge is -2.02. The van der Waals surface area contributed by atoms with Gasteiger partial charge in [0.25, 0.3) is 0 Å². The van der Waals surface area contributed by atoms with E-state index in [9.17, 15) is 5.11 Å². The van der Waals surface area contributed by atoms with Gasteiger partial charge in [0.2, 0.25) is 0 Å². The lowest BCUT2D eigenvalue weighted by molar-refractivity contribution is -0.349. The number of hydrogen-bond donors (Lipinski definition) is 1. The second-order valence-electron chi connectivity index (χ2n) is 1.59. The molecule has 2 nitrogen and oxygen atoms in total. The highest BCUT2D eigenvalue weighted by Gasteiger charge is 2.02. The van der Waals surface area contributed by atoms with E-state index in [0.717, 1.165) is 0 Å². The van der Waals surface area contributed by atoms with Crippen molar-refractivity contribution < 1.29 is 10.2 Å². The number of aliphatic hydroxyl groups excluding tert-OH is 1. The van der Waals surface area contributed by atoms with Gasteiger partial charge in [0.1, 0.15) is 0 Å². The van der Waals surface area contributed by atoms with Gasteiger partial charge in [0.15, 0.2) is 0 Å². The number of allylic oxidation sites excluding steroid dienone is 5. The molecule has 0 aliphatic heterocycles. The van der Waals surface area contributed by atoms with E-state index >= 15 is 0 Å². The zero-order chi connectivity index (χ0) is 6.85. The first kappa shape index (κ1) is 6.23. The molecule has 1 aliphatic carbocycles. The molecule has 0 spiro atoms. The Hall–Kier alpha value is -0.890. The molecule has 1 N–H and O–H groups in total. The standard InChI is InChI=1S/C6H5ClO2/c7-5-3-1-2-4(5)6(8)9/h1-3,8-9H/p-1. The van der Waals surface area contributed by atoms with Gasteiger partial charge in [-0.1, -0.05) is 23.8 Å². The molecule has 0 unspecified atom stereocenters. The van der Waals surface area contributed by atoms with Crippen molar-refractivity contribution in [3.63, 3.8) is 0 Å². The van der Waals surface area contributed by atoms with Crippen molar-refractivity contribution in [2.24, 2.45) is 0 Å². The van der Waals surface area contributed by atoms with Gasteiger partial charge >= 0.3 is 0 Å². The number of rotatable bonds is 0. The largest absolute Gasteiger partial charge is 0.629 e. The zero-order valence-electron chi connectivity index (χ0n) is 4.47. The maximum atomic E-state index is 10.2. The summed E-state index contributed by atoms with van der Waals surface area (Å²) in [5.74, 6) is -0.981. The van der Waals surface area contributed by atoms with Gasteiger partial charge in [0, 0.05) is 10.6 Å². The summed E-state index contributed by atoms with van der Waals surface area (Å²) >= 11 is 5.45. The minimum atomic E-state index is -0.981. The first-order valence-corrected chi connectivity index (χ1v) is 2.74. The van der Waals surface area contributed by atoms with Gasteiger partial charge in [-0.15, -0.1) is 0 Å². The van der Waals surface area contributed by atoms with Crippen molar-refractivity contribution in [2.75, 3.05) is 0 Å². The minimum absolute atomic E-state index is 0.164. The topological polar surface area (TPSA) is 43.3 Å². The van der Waals surface area contributed by atoms with Crippen LogP contribution in [-0.4, -0.2) is 5.11 Å². The highest BCUT2D eigenvalue weighted by atomic mass is 35.5. The molecule has 0 saturated heterocycles. The van der Waals surface area contributed by atoms with Crippen LogP contribution in [0.5, 0.6) is 0 Å². The molecule has 0 aromatic heterocycles. The van der Waals surface area contributed by atoms with Gasteiger partial charge in [-0.25, -0.2) is 0 Å². The molecule has 0 amide bonds. The van der Waals surface area contributed by atoms with E-state index in [1.165, 1.54) is 6.08 Å². The summed E-state index contributed by atoms with van der Waals surface area (Å²) in [6, 6.07) is 0. The summed E-state index contributed by atoms with van der Waals surface area (Å²) in [5.41, 5.74) is 0.164. The Balaban J connectivity index is 3.00. The molecule has 0 aromatic rings. The van der Waals surface area contributed by atoms with Crippen molar-refractivity contribution in [2.45, 2.75) is 0 Å². The second kappa shape index (κ2) is 2.15. The van der Waals surface area contributed by atoms with Gasteiger partial charge in [-0.05, 0) is 6.08 Å². The molecule has 0 saturated carbocycles. The summed E-state index contributed by atoms with van der Waals surface area (Å²) < 4.78 is 0. The normalized spacial score (nSPS) is 22.1. The van der Waals surface area contributed by atoms with Crippen molar-refractivity contribution in [1.82, 2.24) is 0 Å². The Bertz CT molecular complexity index is 209. The Morgan fingerprint density at radius 2 is 2.33 bits per heavy atom. The molecule has 0 fully saturated rings. The Kier molecular flexibility index (Phi) is 1.49. The quantitative estimate of drug-likeness (QED) is 0.510. The van der Waals surface area contributed by atoms with E-state index in [2.05, 4.69) is 0 Å². The molecule has 0 atom stereocenters. The zero-order valence-corrected chi connectivity index (χ0v) is 5.22. The van der Waals surface area contributed by atoms with Gasteiger partial charge in [0.05, 0.1) is 5.95 Å². The van der Waals surface area contributed by atoms with E-state index < -0.39 is 5.95 Å². The highest BCUT2D eigenvalue weighted by molar-refractivity contribution is 6.32. The van der Waals surface area contributed by atoms with Crippen molar-refractivity contribution >= 4 is 11.6 Å². The molecule has 1 rings (SSSR count). The van der Waals surface area contributed by atoms with Crippen molar-refractivity contribution in [1.29, 1.82) is 0 Å². The third-order valence-corrected chi connectivity index (χ3v) is 1.32. The number of halogens is 1. The summed E-state index contributed by atoms with van der Waals surface area (Å²) in [4.78, 5) is 0. The number of hydrogen-bond acceptors (Lipinski definition) is 2. The molecular formula is C6H4ClO2-. The molecule has 3 heteroatoms. The smallest absolute Gasteiger partial charge is 0.0572 e. The molecular weight excluding hydrogens is 140 g/mol. The molecule has 0 radical (unpaired) electrons. The van der Waals surface area contributed by atoms with Crippen LogP contribution in [0, 0.1) is 0 Å². The van der Waals surface area contributed by atoms with Crippen molar-refractivity contribution in [3.05, 3.63) is 34.8 Å². The molecule has 0 aromatic carbocycles. The fourth-order valence-corrected chi connectivity index (χ4v) is 0.788. The van der Waals surface area contributed by atoms with E-state index in [1.807, 2.05) is 0 Å². The van der Waals surface area contributed by atoms with Crippen LogP contribution >= 0.6 is 11.6 Å². The van der Waals surface area contributed by atoms with Crippen LogP contribution in [0.2, 0.25) is 0 Å². The monoisotopic (exact) mass is 143 g/mol. The Morgan fingerprint density at radius 1 is 1.67 bits per heavy atom. The van der Waals surface area contributed by atoms with Crippen LogP contribution in [0.15, 0.2) is 34.8 Å². The average molecular weight is 144 g/mol. The summed E-state index contributed by atoms with van der Waals surface area (Å²) in [7, 11) is 0. The van der Waals surface area contributed by atoms with Crippen LogP contribution in [-0.2, 0) is 0 Å². The van der Waals surface area contributed by atoms with Gasteiger partial charge < -0.3 is 10.2 Å². The number of aliphatic hydroxyl groups is 1. The maximum Gasteiger partial charge on any atom is 0.0572 e. The van der Waals surface area contributed by atoms with Crippen LogP contribution in [0.25, 0.3) is 0 Å². The molecule has 0 bridgehead atoms. The fraction of sp³-hybridized carbons (Fsp3) is 0. The van der Waals surface area contributed by atoms with Gasteiger partial charge in [-0.3, -0.25) is 0 Å². The Morgan fingerprint density at radius 3 is 2.56 bits per heavy atom. The highest BCUT2D eigenvalue weighted by Crippen LogP contribution is 2.22. The summed E-state index contributed by atoms with van der Waals surface area (Å²) in [6.45, 7) is 0. The van der Waals surface area contributed by atoms with E-state index in [0.29, 0.717) is 5.03 Å². The molecule has 48 valence electrons. The van der Waals surface area contributed by atoms with Crippen LogP contribution in [0.4, 0.5) is 0 Å². The fourth-order valence-electron chi connectivity index (χ4n) is 0.572. The molecule has 1 aliphatic rings. The first-order chi connectivity index (χ1) is 4.22. The van der Waals surface area contributed by atoms with E-state index in [1.54, 1.807) is 12.2 Å². The predicted molar refractivity (Wildman–Crippen MR) is 32.7 cm³/mol. The third kappa shape index (κ3) is 1.08. The lowest BCUT2D eigenvalue weighted by Crippen LogP contribution is -2.04. The average Bonchev–Trinajstić information content (AvgIpc) is 2.13. The first-order valence-electron chi connectivity index (χ1n) is 2.36. The van der Waals surface area contributed by atoms with Crippen LogP contribution in [0.3, 0.4) is 0 Å². The van der Waals surface area contributed by atoms with Crippen molar-refractivity contribution in [3.8, 4) is 0 Å². The molecule has 0 heterocycles. The lowest BCUT2D eigenvalue weighted by atomic mass is 10.3. The Labute approximate surface area is 57.4 Å². The molecule has 9 heavy (non-hydrogen) atoms. The third-order valence-electron chi connectivity index (χ3n) is 0.993. The minimum Gasteiger partial charge on any atom is -0.629 e. The van der Waals surface area contributed by atoms with Crippen LogP contribution < -0.4 is 5.11 Å². The summed E-state index contributed by atoms with van der Waals surface area (Å²) in [5, 5.41) is 18.9. The van der Waals surface area contributed by atoms with Crippen LogP contribution in [0.1, 0.15) is 0 Å². The summed E-state index contributed by atoms with van der Waals surface area (Å²) in [6.07, 6.45) is 4.61. The SMILES string of the molecule is [O-]/C(O)=C1/C=CC=C1Cl. The van der Waals surface area contributed by atoms with Gasteiger partial charge in [-0.2, -0.15) is 0 Å². The van der Waals surface area contributed by atoms with E-state index in [-0.39, 0.29) is 5.57 Å². The predicted octanol–water partition coefficient (Wildman–Crippen LogP) is 0.809. The maximum absolute atomic E-state index is 10.2. The van der Waals surface area contributed by atoms with E-state index in [4.69, 9.17) is 16.7 Å².